The number of carbonyl (C=O) groups is 1. The van der Waals surface area contributed by atoms with Crippen molar-refractivity contribution in [3.63, 3.8) is 0 Å². The monoisotopic (exact) mass is 236 g/mol. The van der Waals surface area contributed by atoms with Gasteiger partial charge in [0.1, 0.15) is 0 Å². The average Bonchev–Trinajstić information content (AvgIpc) is 2.31. The van der Waals surface area contributed by atoms with E-state index in [1.165, 1.54) is 18.3 Å². The maximum Gasteiger partial charge on any atom is 0.252 e. The summed E-state index contributed by atoms with van der Waals surface area (Å²) in [6.07, 6.45) is 3.53. The number of nitrogens with one attached hydrogen (secondary N) is 2. The Morgan fingerprint density at radius 1 is 1.35 bits per heavy atom. The molecule has 0 saturated heterocycles. The highest BCUT2D eigenvalue weighted by Crippen LogP contribution is 2.12. The summed E-state index contributed by atoms with van der Waals surface area (Å²) in [7, 11) is 0. The van der Waals surface area contributed by atoms with Gasteiger partial charge in [0.05, 0.1) is 5.56 Å². The Bertz CT molecular complexity index is 401. The van der Waals surface area contributed by atoms with Gasteiger partial charge in [-0.15, -0.1) is 0 Å². The fourth-order valence-corrected chi connectivity index (χ4v) is 1.96. The van der Waals surface area contributed by atoms with Crippen molar-refractivity contribution in [2.24, 2.45) is 5.92 Å². The fraction of sp³-hybridized carbons (Fsp3) is 0.538. The maximum absolute atomic E-state index is 11.9. The number of H-pyrrole nitrogens is 1. The molecule has 2 N–H and O–H groups in total. The molecule has 0 bridgehead atoms. The molecule has 1 unspecified atom stereocenters. The highest BCUT2D eigenvalue weighted by Gasteiger charge is 2.16. The largest absolute Gasteiger partial charge is 0.349 e. The third-order valence-electron chi connectivity index (χ3n) is 3.16. The molecule has 0 aliphatic heterocycles. The average molecular weight is 236 g/mol. The van der Waals surface area contributed by atoms with E-state index in [1.54, 1.807) is 0 Å². The van der Waals surface area contributed by atoms with Gasteiger partial charge in [0.15, 0.2) is 0 Å². The fourth-order valence-electron chi connectivity index (χ4n) is 1.96. The van der Waals surface area contributed by atoms with Gasteiger partial charge in [-0.05, 0) is 18.9 Å². The minimum atomic E-state index is -0.199. The lowest BCUT2D eigenvalue weighted by Gasteiger charge is -2.22. The van der Waals surface area contributed by atoms with Crippen molar-refractivity contribution in [2.75, 3.05) is 0 Å². The van der Waals surface area contributed by atoms with Crippen LogP contribution in [0.4, 0.5) is 0 Å². The summed E-state index contributed by atoms with van der Waals surface area (Å²) in [5.41, 5.74) is 0.289. The van der Waals surface area contributed by atoms with E-state index in [0.717, 1.165) is 12.8 Å². The van der Waals surface area contributed by atoms with Gasteiger partial charge in [0.2, 0.25) is 5.56 Å². The van der Waals surface area contributed by atoms with Crippen LogP contribution in [-0.2, 0) is 0 Å². The normalized spacial score (nSPS) is 12.5. The topological polar surface area (TPSA) is 62.0 Å². The quantitative estimate of drug-likeness (QED) is 0.820. The molecule has 1 heterocycles. The molecule has 0 saturated carbocycles. The van der Waals surface area contributed by atoms with Crippen LogP contribution in [0.3, 0.4) is 0 Å². The minimum Gasteiger partial charge on any atom is -0.349 e. The molecular formula is C13H20N2O2. The maximum atomic E-state index is 11.9. The Labute approximate surface area is 101 Å². The van der Waals surface area contributed by atoms with Gasteiger partial charge in [-0.2, -0.15) is 0 Å². The zero-order chi connectivity index (χ0) is 12.8. The molecule has 1 aromatic heterocycles. The molecule has 1 amide bonds. The highest BCUT2D eigenvalue weighted by atomic mass is 16.2. The second-order valence-corrected chi connectivity index (χ2v) is 4.28. The molecule has 0 spiro atoms. The molecule has 0 radical (unpaired) electrons. The first-order valence-electron chi connectivity index (χ1n) is 6.08. The van der Waals surface area contributed by atoms with Gasteiger partial charge < -0.3 is 10.3 Å². The molecule has 17 heavy (non-hydrogen) atoms. The van der Waals surface area contributed by atoms with Gasteiger partial charge in [-0.1, -0.05) is 26.7 Å². The zero-order valence-electron chi connectivity index (χ0n) is 10.6. The van der Waals surface area contributed by atoms with Crippen LogP contribution in [0.2, 0.25) is 0 Å². The molecule has 4 nitrogen and oxygen atoms in total. The van der Waals surface area contributed by atoms with Gasteiger partial charge in [-0.25, -0.2) is 0 Å². The van der Waals surface area contributed by atoms with Crippen LogP contribution in [0.5, 0.6) is 0 Å². The van der Waals surface area contributed by atoms with E-state index in [0.29, 0.717) is 11.5 Å². The van der Waals surface area contributed by atoms with Crippen LogP contribution in [-0.4, -0.2) is 16.9 Å². The smallest absolute Gasteiger partial charge is 0.252 e. The Balaban J connectivity index is 2.66. The van der Waals surface area contributed by atoms with Crippen molar-refractivity contribution in [1.82, 2.24) is 10.3 Å². The van der Waals surface area contributed by atoms with E-state index in [4.69, 9.17) is 0 Å². The number of rotatable bonds is 5. The molecule has 1 atom stereocenters. The SMILES string of the molecule is CCC(CC)C(C)NC(=O)c1ccc(=O)[nH]c1. The van der Waals surface area contributed by atoms with E-state index in [-0.39, 0.29) is 17.5 Å². The van der Waals surface area contributed by atoms with E-state index < -0.39 is 0 Å². The number of aromatic nitrogens is 1. The molecular weight excluding hydrogens is 216 g/mol. The predicted octanol–water partition coefficient (Wildman–Crippen LogP) is 1.93. The van der Waals surface area contributed by atoms with Crippen molar-refractivity contribution >= 4 is 5.91 Å². The van der Waals surface area contributed by atoms with Crippen LogP contribution in [0.25, 0.3) is 0 Å². The third kappa shape index (κ3) is 3.73. The first-order valence-corrected chi connectivity index (χ1v) is 6.08. The summed E-state index contributed by atoms with van der Waals surface area (Å²) in [6.45, 7) is 6.26. The van der Waals surface area contributed by atoms with Crippen LogP contribution >= 0.6 is 0 Å². The van der Waals surface area contributed by atoms with Crippen LogP contribution in [0.15, 0.2) is 23.1 Å². The van der Waals surface area contributed by atoms with Crippen molar-refractivity contribution in [1.29, 1.82) is 0 Å². The predicted molar refractivity (Wildman–Crippen MR) is 68.1 cm³/mol. The second kappa shape index (κ2) is 6.23. The van der Waals surface area contributed by atoms with Crippen molar-refractivity contribution in [3.8, 4) is 0 Å². The third-order valence-corrected chi connectivity index (χ3v) is 3.16. The molecule has 94 valence electrons. The lowest BCUT2D eigenvalue weighted by molar-refractivity contribution is 0.0925. The second-order valence-electron chi connectivity index (χ2n) is 4.28. The minimum absolute atomic E-state index is 0.138. The van der Waals surface area contributed by atoms with E-state index >= 15 is 0 Å². The molecule has 1 rings (SSSR count). The first kappa shape index (κ1) is 13.5. The van der Waals surface area contributed by atoms with E-state index in [1.807, 2.05) is 6.92 Å². The molecule has 0 aliphatic rings. The standard InChI is InChI=1S/C13H20N2O2/c1-4-10(5-2)9(3)15-13(17)11-6-7-12(16)14-8-11/h6-10H,4-5H2,1-3H3,(H,14,16)(H,15,17). The first-order chi connectivity index (χ1) is 8.08. The van der Waals surface area contributed by atoms with Crippen molar-refractivity contribution in [2.45, 2.75) is 39.7 Å². The summed E-state index contributed by atoms with van der Waals surface area (Å²) in [4.78, 5) is 25.2. The summed E-state index contributed by atoms with van der Waals surface area (Å²) in [6, 6.07) is 3.04. The van der Waals surface area contributed by atoms with Gasteiger partial charge in [-0.3, -0.25) is 9.59 Å². The lowest BCUT2D eigenvalue weighted by atomic mass is 9.95. The number of hydrogen-bond donors (Lipinski definition) is 2. The van der Waals surface area contributed by atoms with Gasteiger partial charge in [0.25, 0.3) is 5.91 Å². The summed E-state index contributed by atoms with van der Waals surface area (Å²) in [5, 5.41) is 2.96. The van der Waals surface area contributed by atoms with Gasteiger partial charge in [0, 0.05) is 18.3 Å². The number of hydrogen-bond acceptors (Lipinski definition) is 2. The molecule has 4 heteroatoms. The summed E-state index contributed by atoms with van der Waals surface area (Å²) >= 11 is 0. The molecule has 0 aliphatic carbocycles. The Morgan fingerprint density at radius 2 is 2.00 bits per heavy atom. The highest BCUT2D eigenvalue weighted by molar-refractivity contribution is 5.93. The van der Waals surface area contributed by atoms with Crippen molar-refractivity contribution < 1.29 is 4.79 Å². The molecule has 0 aromatic carbocycles. The van der Waals surface area contributed by atoms with Crippen molar-refractivity contribution in [3.05, 3.63) is 34.2 Å². The van der Waals surface area contributed by atoms with Crippen LogP contribution in [0.1, 0.15) is 44.0 Å². The Morgan fingerprint density at radius 3 is 2.47 bits per heavy atom. The molecule has 1 aromatic rings. The zero-order valence-corrected chi connectivity index (χ0v) is 10.6. The number of aromatic amines is 1. The Hall–Kier alpha value is -1.58. The van der Waals surface area contributed by atoms with E-state index in [2.05, 4.69) is 24.1 Å². The number of amides is 1. The number of pyridine rings is 1. The van der Waals surface area contributed by atoms with E-state index in [9.17, 15) is 9.59 Å². The van der Waals surface area contributed by atoms with Gasteiger partial charge >= 0.3 is 0 Å². The number of carbonyl (C=O) groups excluding carboxylic acids is 1. The molecule has 0 fully saturated rings. The summed E-state index contributed by atoms with van der Waals surface area (Å²) in [5.74, 6) is 0.349. The van der Waals surface area contributed by atoms with Crippen LogP contribution in [0, 0.1) is 5.92 Å². The Kier molecular flexibility index (Phi) is 4.94. The lowest BCUT2D eigenvalue weighted by Crippen LogP contribution is -2.37. The summed E-state index contributed by atoms with van der Waals surface area (Å²) < 4.78 is 0. The van der Waals surface area contributed by atoms with Crippen LogP contribution < -0.4 is 10.9 Å².